The first-order valence-corrected chi connectivity index (χ1v) is 10.1. The Bertz CT molecular complexity index is 933. The van der Waals surface area contributed by atoms with E-state index in [-0.39, 0.29) is 11.8 Å². The molecule has 1 amide bonds. The molecule has 0 unspecified atom stereocenters. The highest BCUT2D eigenvalue weighted by Gasteiger charge is 2.33. The number of nitrogens with zero attached hydrogens (tertiary/aromatic N) is 4. The fourth-order valence-corrected chi connectivity index (χ4v) is 3.41. The van der Waals surface area contributed by atoms with Crippen molar-refractivity contribution in [3.63, 3.8) is 0 Å². The van der Waals surface area contributed by atoms with Crippen molar-refractivity contribution in [3.8, 4) is 11.4 Å². The number of hydrogen-bond acceptors (Lipinski definition) is 6. The smallest absolute Gasteiger partial charge is 0.238 e. The minimum atomic E-state index is -0.00802. The number of aromatic nitrogens is 3. The molecular weight excluding hydrogens is 366 g/mol. The number of benzene rings is 1. The summed E-state index contributed by atoms with van der Waals surface area (Å²) in [4.78, 5) is 22.9. The van der Waals surface area contributed by atoms with Crippen molar-refractivity contribution < 1.29 is 9.32 Å². The van der Waals surface area contributed by atoms with Crippen molar-refractivity contribution in [2.24, 2.45) is 0 Å². The van der Waals surface area contributed by atoms with Crippen LogP contribution in [0.1, 0.15) is 37.1 Å². The standard InChI is InChI=1S/C22H25N5O2/c1-2-3-5-16-7-9-19(10-8-16)24-20(28)15-27-13-18(14-27)22-25-21(26-29-22)17-6-4-11-23-12-17/h4,6-12,18H,2-3,5,13-15H2,1H3,(H,24,28). The lowest BCUT2D eigenvalue weighted by Crippen LogP contribution is -2.48. The lowest BCUT2D eigenvalue weighted by molar-refractivity contribution is -0.118. The lowest BCUT2D eigenvalue weighted by Gasteiger charge is -2.36. The number of amides is 1. The zero-order valence-corrected chi connectivity index (χ0v) is 16.5. The van der Waals surface area contributed by atoms with Gasteiger partial charge >= 0.3 is 0 Å². The Hall–Kier alpha value is -3.06. The van der Waals surface area contributed by atoms with Crippen LogP contribution >= 0.6 is 0 Å². The summed E-state index contributed by atoms with van der Waals surface area (Å²) in [5, 5.41) is 7.00. The molecule has 1 fully saturated rings. The predicted octanol–water partition coefficient (Wildman–Crippen LogP) is 3.51. The quantitative estimate of drug-likeness (QED) is 0.633. The summed E-state index contributed by atoms with van der Waals surface area (Å²) in [6, 6.07) is 11.9. The van der Waals surface area contributed by atoms with Gasteiger partial charge in [-0.15, -0.1) is 0 Å². The van der Waals surface area contributed by atoms with Gasteiger partial charge in [0.2, 0.25) is 17.6 Å². The largest absolute Gasteiger partial charge is 0.339 e. The van der Waals surface area contributed by atoms with Gasteiger partial charge in [-0.3, -0.25) is 14.7 Å². The van der Waals surface area contributed by atoms with Crippen molar-refractivity contribution in [3.05, 3.63) is 60.2 Å². The fraction of sp³-hybridized carbons (Fsp3) is 0.364. The Kier molecular flexibility index (Phi) is 5.95. The summed E-state index contributed by atoms with van der Waals surface area (Å²) in [5.74, 6) is 1.32. The molecule has 0 bridgehead atoms. The van der Waals surface area contributed by atoms with E-state index in [1.807, 2.05) is 24.3 Å². The molecule has 2 aromatic heterocycles. The molecule has 29 heavy (non-hydrogen) atoms. The average molecular weight is 391 g/mol. The summed E-state index contributed by atoms with van der Waals surface area (Å²) in [6.45, 7) is 4.01. The zero-order valence-electron chi connectivity index (χ0n) is 16.5. The molecule has 4 rings (SSSR count). The van der Waals surface area contributed by atoms with Crippen LogP contribution in [0, 0.1) is 0 Å². The fourth-order valence-electron chi connectivity index (χ4n) is 3.41. The number of likely N-dealkylation sites (tertiary alicyclic amines) is 1. The van der Waals surface area contributed by atoms with Gasteiger partial charge in [0.25, 0.3) is 0 Å². The number of carbonyl (C=O) groups excluding carboxylic acids is 1. The Morgan fingerprint density at radius 2 is 2.07 bits per heavy atom. The maximum Gasteiger partial charge on any atom is 0.238 e. The van der Waals surface area contributed by atoms with Gasteiger partial charge in [0.15, 0.2) is 0 Å². The Labute approximate surface area is 170 Å². The Balaban J connectivity index is 1.23. The Morgan fingerprint density at radius 1 is 1.24 bits per heavy atom. The number of nitrogens with one attached hydrogen (secondary N) is 1. The van der Waals surface area contributed by atoms with E-state index in [2.05, 4.69) is 44.4 Å². The third-order valence-corrected chi connectivity index (χ3v) is 5.09. The third kappa shape index (κ3) is 4.86. The first kappa shape index (κ1) is 19.3. The van der Waals surface area contributed by atoms with Gasteiger partial charge in [0, 0.05) is 36.7 Å². The van der Waals surface area contributed by atoms with Crippen LogP contribution in [0.15, 0.2) is 53.3 Å². The molecule has 0 atom stereocenters. The maximum atomic E-state index is 12.3. The lowest BCUT2D eigenvalue weighted by atomic mass is 10.0. The van der Waals surface area contributed by atoms with Crippen LogP contribution in [-0.2, 0) is 11.2 Å². The molecule has 3 aromatic rings. The number of rotatable bonds is 8. The van der Waals surface area contributed by atoms with E-state index in [0.29, 0.717) is 18.3 Å². The summed E-state index contributed by atoms with van der Waals surface area (Å²) in [7, 11) is 0. The minimum Gasteiger partial charge on any atom is -0.339 e. The van der Waals surface area contributed by atoms with Crippen molar-refractivity contribution >= 4 is 11.6 Å². The highest BCUT2D eigenvalue weighted by Crippen LogP contribution is 2.27. The molecule has 7 nitrogen and oxygen atoms in total. The highest BCUT2D eigenvalue weighted by atomic mass is 16.5. The van der Waals surface area contributed by atoms with Crippen molar-refractivity contribution in [1.82, 2.24) is 20.0 Å². The van der Waals surface area contributed by atoms with Gasteiger partial charge in [-0.2, -0.15) is 4.98 Å². The topological polar surface area (TPSA) is 84.2 Å². The molecule has 7 heteroatoms. The third-order valence-electron chi connectivity index (χ3n) is 5.09. The molecule has 1 N–H and O–H groups in total. The zero-order chi connectivity index (χ0) is 20.1. The number of hydrogen-bond donors (Lipinski definition) is 1. The molecular formula is C22H25N5O2. The van der Waals surface area contributed by atoms with Gasteiger partial charge in [-0.05, 0) is 42.7 Å². The summed E-state index contributed by atoms with van der Waals surface area (Å²) in [5.41, 5.74) is 2.98. The van der Waals surface area contributed by atoms with Crippen molar-refractivity contribution in [2.75, 3.05) is 25.0 Å². The van der Waals surface area contributed by atoms with E-state index in [1.165, 1.54) is 18.4 Å². The van der Waals surface area contributed by atoms with Crippen molar-refractivity contribution in [1.29, 1.82) is 0 Å². The second-order valence-corrected chi connectivity index (χ2v) is 7.44. The molecule has 0 radical (unpaired) electrons. The van der Waals surface area contributed by atoms with Crippen LogP contribution in [0.4, 0.5) is 5.69 Å². The van der Waals surface area contributed by atoms with Crippen LogP contribution in [0.5, 0.6) is 0 Å². The average Bonchev–Trinajstić information content (AvgIpc) is 3.20. The van der Waals surface area contributed by atoms with Gasteiger partial charge in [0.1, 0.15) is 0 Å². The molecule has 0 aliphatic carbocycles. The van der Waals surface area contributed by atoms with Crippen LogP contribution in [0.25, 0.3) is 11.4 Å². The number of pyridine rings is 1. The van der Waals surface area contributed by atoms with E-state index >= 15 is 0 Å². The highest BCUT2D eigenvalue weighted by molar-refractivity contribution is 5.92. The summed E-state index contributed by atoms with van der Waals surface area (Å²) < 4.78 is 5.39. The summed E-state index contributed by atoms with van der Waals surface area (Å²) in [6.07, 6.45) is 6.87. The van der Waals surface area contributed by atoms with Crippen LogP contribution in [-0.4, -0.2) is 45.6 Å². The van der Waals surface area contributed by atoms with E-state index in [4.69, 9.17) is 4.52 Å². The molecule has 3 heterocycles. The van der Waals surface area contributed by atoms with E-state index in [9.17, 15) is 4.79 Å². The van der Waals surface area contributed by atoms with Gasteiger partial charge in [-0.1, -0.05) is 30.6 Å². The van der Waals surface area contributed by atoms with Crippen molar-refractivity contribution in [2.45, 2.75) is 32.1 Å². The van der Waals surface area contributed by atoms with Gasteiger partial charge < -0.3 is 9.84 Å². The van der Waals surface area contributed by atoms with Gasteiger partial charge in [0.05, 0.1) is 12.5 Å². The first-order valence-electron chi connectivity index (χ1n) is 10.1. The maximum absolute atomic E-state index is 12.3. The normalized spacial score (nSPS) is 14.5. The molecule has 150 valence electrons. The second-order valence-electron chi connectivity index (χ2n) is 7.44. The minimum absolute atomic E-state index is 0.00802. The number of aryl methyl sites for hydroxylation is 1. The van der Waals surface area contributed by atoms with Crippen LogP contribution in [0.2, 0.25) is 0 Å². The molecule has 0 spiro atoms. The SMILES string of the molecule is CCCCc1ccc(NC(=O)CN2CC(c3nc(-c4cccnc4)no3)C2)cc1. The van der Waals surface area contributed by atoms with E-state index < -0.39 is 0 Å². The van der Waals surface area contributed by atoms with E-state index in [1.54, 1.807) is 12.4 Å². The second kappa shape index (κ2) is 8.96. The number of carbonyl (C=O) groups is 1. The molecule has 1 aliphatic rings. The molecule has 1 saturated heterocycles. The van der Waals surface area contributed by atoms with Crippen LogP contribution < -0.4 is 5.32 Å². The molecule has 0 saturated carbocycles. The first-order chi connectivity index (χ1) is 14.2. The van der Waals surface area contributed by atoms with Crippen LogP contribution in [0.3, 0.4) is 0 Å². The predicted molar refractivity (Wildman–Crippen MR) is 110 cm³/mol. The Morgan fingerprint density at radius 3 is 2.79 bits per heavy atom. The van der Waals surface area contributed by atoms with E-state index in [0.717, 1.165) is 30.8 Å². The van der Waals surface area contributed by atoms with Gasteiger partial charge in [-0.25, -0.2) is 0 Å². The number of anilines is 1. The molecule has 1 aliphatic heterocycles. The molecule has 1 aromatic carbocycles. The summed E-state index contributed by atoms with van der Waals surface area (Å²) >= 11 is 0. The number of unbranched alkanes of at least 4 members (excludes halogenated alkanes) is 1. The monoisotopic (exact) mass is 391 g/mol.